The second-order valence-electron chi connectivity index (χ2n) is 3.34. The second kappa shape index (κ2) is 7.44. The lowest BCUT2D eigenvalue weighted by atomic mass is 10.4. The Labute approximate surface area is 98.4 Å². The molecule has 0 radical (unpaired) electrons. The Bertz CT molecular complexity index is 277. The van der Waals surface area contributed by atoms with Crippen molar-refractivity contribution in [3.63, 3.8) is 0 Å². The zero-order valence-electron chi connectivity index (χ0n) is 9.75. The number of rotatable bonds is 7. The number of hydrogen-bond donors (Lipinski definition) is 2. The minimum Gasteiger partial charge on any atom is -0.480 e. The Hall–Kier alpha value is -1.83. The Morgan fingerprint density at radius 1 is 1.12 bits per heavy atom. The quantitative estimate of drug-likeness (QED) is 0.608. The zero-order chi connectivity index (χ0) is 13.4. The van der Waals surface area contributed by atoms with E-state index in [0.717, 1.165) is 4.90 Å². The van der Waals surface area contributed by atoms with Crippen LogP contribution in [0, 0.1) is 0 Å². The van der Waals surface area contributed by atoms with Gasteiger partial charge in [-0.25, -0.2) is 4.79 Å². The highest BCUT2D eigenvalue weighted by molar-refractivity contribution is 5.84. The number of carboxylic acid groups (broad SMARTS) is 2. The summed E-state index contributed by atoms with van der Waals surface area (Å²) in [7, 11) is 2.91. The molecule has 8 heteroatoms. The van der Waals surface area contributed by atoms with Crippen LogP contribution in [0.4, 0.5) is 4.79 Å². The summed E-state index contributed by atoms with van der Waals surface area (Å²) in [5.41, 5.74) is 0. The lowest BCUT2D eigenvalue weighted by molar-refractivity contribution is -0.140. The van der Waals surface area contributed by atoms with Crippen LogP contribution < -0.4 is 0 Å². The molecule has 0 bridgehead atoms. The van der Waals surface area contributed by atoms with Gasteiger partial charge in [0.05, 0.1) is 6.61 Å². The zero-order valence-corrected chi connectivity index (χ0v) is 9.75. The average molecular weight is 248 g/mol. The molecule has 2 amide bonds. The first-order valence-electron chi connectivity index (χ1n) is 4.81. The second-order valence-corrected chi connectivity index (χ2v) is 3.34. The van der Waals surface area contributed by atoms with Gasteiger partial charge in [-0.2, -0.15) is 0 Å². The standard InChI is InChI=1S/C9H16N2O6/c1-10(3-4-17-2)9(16)11(5-7(12)13)6-8(14)15/h3-6H2,1-2H3,(H,12,13)(H,14,15). The van der Waals surface area contributed by atoms with Gasteiger partial charge in [0.1, 0.15) is 13.1 Å². The number of carbonyl (C=O) groups excluding carboxylic acids is 1. The Morgan fingerprint density at radius 2 is 1.59 bits per heavy atom. The topological polar surface area (TPSA) is 107 Å². The summed E-state index contributed by atoms with van der Waals surface area (Å²) in [6.07, 6.45) is 0. The van der Waals surface area contributed by atoms with Crippen LogP contribution in [0.2, 0.25) is 0 Å². The molecule has 0 saturated carbocycles. The highest BCUT2D eigenvalue weighted by Crippen LogP contribution is 1.97. The number of carbonyl (C=O) groups is 3. The first-order valence-corrected chi connectivity index (χ1v) is 4.81. The fourth-order valence-electron chi connectivity index (χ4n) is 1.08. The van der Waals surface area contributed by atoms with Crippen molar-refractivity contribution in [1.82, 2.24) is 9.80 Å². The molecule has 0 spiro atoms. The number of methoxy groups -OCH3 is 1. The van der Waals surface area contributed by atoms with Crippen LogP contribution in [0.15, 0.2) is 0 Å². The van der Waals surface area contributed by atoms with Crippen molar-refractivity contribution in [2.45, 2.75) is 0 Å². The molecule has 0 saturated heterocycles. The maximum absolute atomic E-state index is 11.7. The molecule has 0 aliphatic carbocycles. The summed E-state index contributed by atoms with van der Waals surface area (Å²) in [6, 6.07) is -0.660. The van der Waals surface area contributed by atoms with Crippen LogP contribution in [-0.2, 0) is 14.3 Å². The normalized spacial score (nSPS) is 9.76. The fourth-order valence-corrected chi connectivity index (χ4v) is 1.08. The van der Waals surface area contributed by atoms with Gasteiger partial charge in [0, 0.05) is 20.7 Å². The highest BCUT2D eigenvalue weighted by Gasteiger charge is 2.22. The van der Waals surface area contributed by atoms with Crippen molar-refractivity contribution in [2.75, 3.05) is 40.4 Å². The average Bonchev–Trinajstić information content (AvgIpc) is 2.22. The van der Waals surface area contributed by atoms with E-state index in [4.69, 9.17) is 14.9 Å². The molecule has 8 nitrogen and oxygen atoms in total. The molecule has 0 rings (SSSR count). The van der Waals surface area contributed by atoms with Crippen molar-refractivity contribution < 1.29 is 29.3 Å². The third-order valence-corrected chi connectivity index (χ3v) is 1.88. The lowest BCUT2D eigenvalue weighted by Crippen LogP contribution is -2.46. The van der Waals surface area contributed by atoms with Gasteiger partial charge in [-0.05, 0) is 0 Å². The highest BCUT2D eigenvalue weighted by atomic mass is 16.5. The number of hydrogen-bond acceptors (Lipinski definition) is 4. The largest absolute Gasteiger partial charge is 0.480 e. The van der Waals surface area contributed by atoms with E-state index in [0.29, 0.717) is 0 Å². The summed E-state index contributed by atoms with van der Waals surface area (Å²) < 4.78 is 4.76. The van der Waals surface area contributed by atoms with E-state index >= 15 is 0 Å². The number of ether oxygens (including phenoxy) is 1. The van der Waals surface area contributed by atoms with Gasteiger partial charge >= 0.3 is 18.0 Å². The summed E-state index contributed by atoms with van der Waals surface area (Å²) in [5.74, 6) is -2.53. The predicted octanol–water partition coefficient (Wildman–Crippen LogP) is -0.844. The molecule has 0 aliphatic rings. The molecular weight excluding hydrogens is 232 g/mol. The van der Waals surface area contributed by atoms with E-state index in [1.54, 1.807) is 0 Å². The van der Waals surface area contributed by atoms with Crippen molar-refractivity contribution in [3.05, 3.63) is 0 Å². The van der Waals surface area contributed by atoms with Gasteiger partial charge in [-0.15, -0.1) is 0 Å². The Balaban J connectivity index is 4.49. The van der Waals surface area contributed by atoms with Gasteiger partial charge in [0.2, 0.25) is 0 Å². The first-order chi connectivity index (χ1) is 7.88. The molecule has 0 aromatic rings. The molecule has 0 atom stereocenters. The SMILES string of the molecule is COCCN(C)C(=O)N(CC(=O)O)CC(=O)O. The lowest BCUT2D eigenvalue weighted by Gasteiger charge is -2.25. The minimum absolute atomic E-state index is 0.255. The van der Waals surface area contributed by atoms with E-state index < -0.39 is 31.1 Å². The number of nitrogens with zero attached hydrogens (tertiary/aromatic N) is 2. The van der Waals surface area contributed by atoms with E-state index in [2.05, 4.69) is 0 Å². The minimum atomic E-state index is -1.26. The van der Waals surface area contributed by atoms with Crippen LogP contribution >= 0.6 is 0 Å². The smallest absolute Gasteiger partial charge is 0.323 e. The van der Waals surface area contributed by atoms with Crippen LogP contribution in [0.25, 0.3) is 0 Å². The summed E-state index contributed by atoms with van der Waals surface area (Å²) in [4.78, 5) is 34.6. The maximum Gasteiger partial charge on any atom is 0.323 e. The third kappa shape index (κ3) is 6.36. The van der Waals surface area contributed by atoms with Crippen LogP contribution in [0.3, 0.4) is 0 Å². The molecule has 0 heterocycles. The molecule has 2 N–H and O–H groups in total. The molecule has 0 aromatic heterocycles. The van der Waals surface area contributed by atoms with E-state index in [-0.39, 0.29) is 13.2 Å². The maximum atomic E-state index is 11.7. The van der Waals surface area contributed by atoms with E-state index in [1.165, 1.54) is 19.1 Å². The van der Waals surface area contributed by atoms with Gasteiger partial charge in [-0.3, -0.25) is 9.59 Å². The molecule has 0 unspecified atom stereocenters. The number of carboxylic acids is 2. The van der Waals surface area contributed by atoms with E-state index in [9.17, 15) is 14.4 Å². The molecule has 98 valence electrons. The molecule has 0 aromatic carbocycles. The first kappa shape index (κ1) is 15.2. The molecule has 0 fully saturated rings. The van der Waals surface area contributed by atoms with Crippen molar-refractivity contribution in [1.29, 1.82) is 0 Å². The van der Waals surface area contributed by atoms with Crippen molar-refractivity contribution in [2.24, 2.45) is 0 Å². The summed E-state index contributed by atoms with van der Waals surface area (Å²) in [5, 5.41) is 17.1. The predicted molar refractivity (Wildman–Crippen MR) is 56.7 cm³/mol. The molecule has 17 heavy (non-hydrogen) atoms. The summed E-state index contributed by atoms with van der Waals surface area (Å²) in [6.45, 7) is -0.758. The Morgan fingerprint density at radius 3 is 1.94 bits per heavy atom. The van der Waals surface area contributed by atoms with Crippen LogP contribution in [0.5, 0.6) is 0 Å². The molecule has 0 aliphatic heterocycles. The number of aliphatic carboxylic acids is 2. The number of likely N-dealkylation sites (N-methyl/N-ethyl adjacent to an activating group) is 1. The van der Waals surface area contributed by atoms with Gasteiger partial charge in [-0.1, -0.05) is 0 Å². The van der Waals surface area contributed by atoms with Crippen LogP contribution in [-0.4, -0.2) is 78.4 Å². The fraction of sp³-hybridized carbons (Fsp3) is 0.667. The van der Waals surface area contributed by atoms with Gasteiger partial charge in [0.15, 0.2) is 0 Å². The van der Waals surface area contributed by atoms with Gasteiger partial charge < -0.3 is 24.7 Å². The monoisotopic (exact) mass is 248 g/mol. The number of amides is 2. The third-order valence-electron chi connectivity index (χ3n) is 1.88. The Kier molecular flexibility index (Phi) is 6.64. The van der Waals surface area contributed by atoms with Gasteiger partial charge in [0.25, 0.3) is 0 Å². The van der Waals surface area contributed by atoms with Crippen molar-refractivity contribution in [3.8, 4) is 0 Å². The van der Waals surface area contributed by atoms with Crippen molar-refractivity contribution >= 4 is 18.0 Å². The van der Waals surface area contributed by atoms with Crippen LogP contribution in [0.1, 0.15) is 0 Å². The summed E-state index contributed by atoms with van der Waals surface area (Å²) >= 11 is 0. The number of urea groups is 1. The molecular formula is C9H16N2O6. The van der Waals surface area contributed by atoms with E-state index in [1.807, 2.05) is 0 Å².